The number of nitrogens with one attached hydrogen (secondary N) is 1. The van der Waals surface area contributed by atoms with Crippen molar-refractivity contribution in [2.24, 2.45) is 0 Å². The molecule has 0 radical (unpaired) electrons. The van der Waals surface area contributed by atoms with Gasteiger partial charge >= 0.3 is 0 Å². The average molecular weight is 705 g/mol. The van der Waals surface area contributed by atoms with Crippen LogP contribution in [0.3, 0.4) is 0 Å². The van der Waals surface area contributed by atoms with Crippen LogP contribution in [-0.2, 0) is 47.4 Å². The fourth-order valence-corrected chi connectivity index (χ4v) is 8.04. The van der Waals surface area contributed by atoms with Gasteiger partial charge in [-0.25, -0.2) is 8.42 Å². The molecule has 3 aliphatic rings. The number of rotatable bonds is 10. The molecule has 0 saturated carbocycles. The molecule has 3 aliphatic heterocycles. The van der Waals surface area contributed by atoms with Crippen LogP contribution < -0.4 is 5.32 Å². The quantitative estimate of drug-likeness (QED) is 0.213. The number of hydrogen-bond donors (Lipinski definition) is 1. The van der Waals surface area contributed by atoms with E-state index in [9.17, 15) is 8.42 Å². The zero-order valence-electron chi connectivity index (χ0n) is 27.0. The van der Waals surface area contributed by atoms with Crippen LogP contribution in [0.4, 0.5) is 0 Å². The number of hydrogen-bond acceptors (Lipinski definition) is 6. The smallest absolute Gasteiger partial charge is 0.211 e. The van der Waals surface area contributed by atoms with Crippen molar-refractivity contribution in [3.05, 3.63) is 110 Å². The minimum atomic E-state index is -3.35. The topological polar surface area (TPSA) is 79.7 Å². The second kappa shape index (κ2) is 14.3. The first kappa shape index (κ1) is 33.3. The Morgan fingerprint density at radius 1 is 1.00 bits per heavy atom. The minimum Gasteiger partial charge on any atom is -0.375 e. The molecule has 2 saturated heterocycles. The van der Waals surface area contributed by atoms with E-state index in [0.29, 0.717) is 48.8 Å². The Labute approximate surface area is 293 Å². The van der Waals surface area contributed by atoms with Crippen molar-refractivity contribution >= 4 is 33.2 Å². The molecule has 0 amide bonds. The number of halogens is 2. The summed E-state index contributed by atoms with van der Waals surface area (Å²) in [4.78, 5) is 2.54. The Morgan fingerprint density at radius 2 is 1.83 bits per heavy atom. The van der Waals surface area contributed by atoms with Crippen LogP contribution in [0, 0.1) is 11.8 Å². The molecule has 0 aliphatic carbocycles. The third-order valence-electron chi connectivity index (χ3n) is 9.48. The van der Waals surface area contributed by atoms with Crippen molar-refractivity contribution in [2.75, 3.05) is 32.5 Å². The SMILES string of the molecule is CS(=O)(=O)N1CCc2c(c(-c3ccc(Cl)c(C#Cc4cccc(CNCc5ccc(Cl)cc5)c4)c3)nn2CCCN2C[C@@H]3C[C@H]2CO3)C1. The number of aryl methyl sites for hydroxylation is 1. The van der Waals surface area contributed by atoms with Gasteiger partial charge in [-0.05, 0) is 60.4 Å². The van der Waals surface area contributed by atoms with Crippen molar-refractivity contribution in [2.45, 2.75) is 57.6 Å². The van der Waals surface area contributed by atoms with E-state index in [0.717, 1.165) is 84.3 Å². The minimum absolute atomic E-state index is 0.305. The summed E-state index contributed by atoms with van der Waals surface area (Å²) >= 11 is 12.7. The molecule has 1 N–H and O–H groups in total. The fraction of sp³-hybridized carbons (Fsp3) is 0.378. The summed E-state index contributed by atoms with van der Waals surface area (Å²) in [5.74, 6) is 6.57. The lowest BCUT2D eigenvalue weighted by molar-refractivity contribution is 0.0297. The average Bonchev–Trinajstić information content (AvgIpc) is 3.80. The normalized spacial score (nSPS) is 19.3. The van der Waals surface area contributed by atoms with Gasteiger partial charge in [-0.15, -0.1) is 0 Å². The van der Waals surface area contributed by atoms with E-state index in [4.69, 9.17) is 33.0 Å². The Kier molecular flexibility index (Phi) is 9.95. The summed E-state index contributed by atoms with van der Waals surface area (Å²) in [5.41, 5.74) is 7.64. The largest absolute Gasteiger partial charge is 0.375 e. The second-order valence-corrected chi connectivity index (χ2v) is 15.7. The molecule has 2 fully saturated rings. The lowest BCUT2D eigenvalue weighted by Crippen LogP contribution is -2.38. The molecular formula is C37H39Cl2N5O3S. The molecule has 250 valence electrons. The molecule has 1 aromatic heterocycles. The van der Waals surface area contributed by atoms with Gasteiger partial charge in [-0.1, -0.05) is 65.4 Å². The van der Waals surface area contributed by atoms with Gasteiger partial charge in [0.2, 0.25) is 10.0 Å². The highest BCUT2D eigenvalue weighted by Crippen LogP contribution is 2.33. The number of benzene rings is 3. The van der Waals surface area contributed by atoms with Gasteiger partial charge in [0.15, 0.2) is 0 Å². The van der Waals surface area contributed by atoms with Gasteiger partial charge in [0.25, 0.3) is 0 Å². The summed E-state index contributed by atoms with van der Waals surface area (Å²) in [5, 5.41) is 9.86. The van der Waals surface area contributed by atoms with Gasteiger partial charge in [0.1, 0.15) is 0 Å². The number of sulfonamides is 1. The number of morpholine rings is 1. The van der Waals surface area contributed by atoms with Crippen LogP contribution in [0.15, 0.2) is 66.7 Å². The van der Waals surface area contributed by atoms with Crippen LogP contribution in [-0.4, -0.2) is 72.0 Å². The Morgan fingerprint density at radius 3 is 2.60 bits per heavy atom. The third-order valence-corrected chi connectivity index (χ3v) is 11.3. The highest BCUT2D eigenvalue weighted by Gasteiger charge is 2.38. The molecule has 3 aromatic carbocycles. The maximum absolute atomic E-state index is 12.5. The third kappa shape index (κ3) is 7.66. The van der Waals surface area contributed by atoms with Crippen LogP contribution in [0.5, 0.6) is 0 Å². The van der Waals surface area contributed by atoms with Gasteiger partial charge in [0.05, 0.1) is 29.7 Å². The predicted octanol–water partition coefficient (Wildman–Crippen LogP) is 5.73. The van der Waals surface area contributed by atoms with Crippen molar-refractivity contribution < 1.29 is 13.2 Å². The van der Waals surface area contributed by atoms with E-state index in [1.807, 2.05) is 54.6 Å². The highest BCUT2D eigenvalue weighted by molar-refractivity contribution is 7.88. The second-order valence-electron chi connectivity index (χ2n) is 12.9. The van der Waals surface area contributed by atoms with Crippen molar-refractivity contribution in [3.8, 4) is 23.1 Å². The first-order chi connectivity index (χ1) is 23.2. The van der Waals surface area contributed by atoms with Crippen LogP contribution >= 0.6 is 23.2 Å². The number of ether oxygens (including phenoxy) is 1. The summed E-state index contributed by atoms with van der Waals surface area (Å²) in [7, 11) is -3.35. The van der Waals surface area contributed by atoms with E-state index in [-0.39, 0.29) is 0 Å². The Balaban J connectivity index is 1.09. The number of likely N-dealkylation sites (tertiary alicyclic amines) is 1. The molecule has 7 rings (SSSR count). The molecule has 4 heterocycles. The van der Waals surface area contributed by atoms with Crippen molar-refractivity contribution in [1.29, 1.82) is 0 Å². The first-order valence-corrected chi connectivity index (χ1v) is 19.1. The van der Waals surface area contributed by atoms with Crippen molar-refractivity contribution in [1.82, 2.24) is 24.3 Å². The summed E-state index contributed by atoms with van der Waals surface area (Å²) in [6.07, 6.45) is 4.40. The number of aromatic nitrogens is 2. The van der Waals surface area contributed by atoms with E-state index >= 15 is 0 Å². The maximum atomic E-state index is 12.5. The number of fused-ring (bicyclic) bond motifs is 3. The lowest BCUT2D eigenvalue weighted by atomic mass is 10.0. The molecule has 0 spiro atoms. The molecule has 8 nitrogen and oxygen atoms in total. The molecule has 4 aromatic rings. The Hall–Kier alpha value is -3.20. The summed E-state index contributed by atoms with van der Waals surface area (Å²) < 4.78 is 34.5. The van der Waals surface area contributed by atoms with Crippen molar-refractivity contribution in [3.63, 3.8) is 0 Å². The molecule has 2 atom stereocenters. The van der Waals surface area contributed by atoms with Crippen LogP contribution in [0.2, 0.25) is 10.0 Å². The zero-order valence-corrected chi connectivity index (χ0v) is 29.3. The monoisotopic (exact) mass is 703 g/mol. The predicted molar refractivity (Wildman–Crippen MR) is 190 cm³/mol. The standard InChI is InChI=1S/C37H39Cl2N5O3S/c1-48(45,46)43-17-14-36-34(24-43)37(41-44(36)16-3-15-42-23-33-20-32(42)25-47-33)30-10-13-35(39)29(19-30)9-6-26-4-2-5-28(18-26)22-40-21-27-7-11-31(38)12-8-27/h2,4-5,7-8,10-13,18-19,32-33,40H,3,14-17,20-25H2,1H3/t32-,33-/m0/s1. The first-order valence-electron chi connectivity index (χ1n) is 16.4. The summed E-state index contributed by atoms with van der Waals surface area (Å²) in [6, 6.07) is 22.3. The zero-order chi connectivity index (χ0) is 33.3. The molecule has 2 bridgehead atoms. The van der Waals surface area contributed by atoms with Gasteiger partial charge in [0, 0.05) is 91.2 Å². The van der Waals surface area contributed by atoms with E-state index < -0.39 is 10.0 Å². The Bertz CT molecular complexity index is 1970. The van der Waals surface area contributed by atoms with E-state index in [1.165, 1.54) is 11.8 Å². The van der Waals surface area contributed by atoms with Gasteiger partial charge in [-0.2, -0.15) is 9.40 Å². The number of nitrogens with zero attached hydrogens (tertiary/aromatic N) is 4. The molecule has 11 heteroatoms. The van der Waals surface area contributed by atoms with Crippen LogP contribution in [0.25, 0.3) is 11.3 Å². The molecule has 48 heavy (non-hydrogen) atoms. The van der Waals surface area contributed by atoms with Gasteiger partial charge in [-0.3, -0.25) is 9.58 Å². The van der Waals surface area contributed by atoms with Crippen LogP contribution in [0.1, 0.15) is 46.4 Å². The van der Waals surface area contributed by atoms with E-state index in [2.05, 4.69) is 38.9 Å². The lowest BCUT2D eigenvalue weighted by Gasteiger charge is -2.27. The maximum Gasteiger partial charge on any atom is 0.211 e. The van der Waals surface area contributed by atoms with Gasteiger partial charge < -0.3 is 10.1 Å². The highest BCUT2D eigenvalue weighted by atomic mass is 35.5. The molecule has 0 unspecified atom stereocenters. The van der Waals surface area contributed by atoms with E-state index in [1.54, 1.807) is 4.31 Å². The summed E-state index contributed by atoms with van der Waals surface area (Å²) in [6.45, 7) is 5.84. The molecular weight excluding hydrogens is 665 g/mol. The fourth-order valence-electron chi connectivity index (χ4n) is 6.96.